The predicted octanol–water partition coefficient (Wildman–Crippen LogP) is 3.18. The second-order valence-electron chi connectivity index (χ2n) is 3.12. The molecule has 0 N–H and O–H groups in total. The Morgan fingerprint density at radius 1 is 1.45 bits per heavy atom. The topological polar surface area (TPSA) is 23.8 Å². The molecule has 0 saturated heterocycles. The SMILES string of the molecule is N#CCCCC1=CCCCC1. The zero-order chi connectivity index (χ0) is 7.94. The summed E-state index contributed by atoms with van der Waals surface area (Å²) in [5.41, 5.74) is 1.59. The Morgan fingerprint density at radius 2 is 2.36 bits per heavy atom. The van der Waals surface area contributed by atoms with E-state index in [9.17, 15) is 0 Å². The van der Waals surface area contributed by atoms with Gasteiger partial charge in [0.05, 0.1) is 6.07 Å². The molecule has 0 aromatic rings. The van der Waals surface area contributed by atoms with Crippen molar-refractivity contribution in [2.45, 2.75) is 44.9 Å². The number of hydrogen-bond donors (Lipinski definition) is 0. The van der Waals surface area contributed by atoms with E-state index in [0.29, 0.717) is 0 Å². The monoisotopic (exact) mass is 149 g/mol. The minimum Gasteiger partial charge on any atom is -0.198 e. The van der Waals surface area contributed by atoms with Crippen LogP contribution in [0.25, 0.3) is 0 Å². The van der Waals surface area contributed by atoms with Gasteiger partial charge in [-0.3, -0.25) is 0 Å². The van der Waals surface area contributed by atoms with Crippen molar-refractivity contribution >= 4 is 0 Å². The summed E-state index contributed by atoms with van der Waals surface area (Å²) in [4.78, 5) is 0. The van der Waals surface area contributed by atoms with Gasteiger partial charge in [0.15, 0.2) is 0 Å². The van der Waals surface area contributed by atoms with Gasteiger partial charge in [0.25, 0.3) is 0 Å². The van der Waals surface area contributed by atoms with Crippen LogP contribution in [-0.4, -0.2) is 0 Å². The fourth-order valence-corrected chi connectivity index (χ4v) is 1.53. The van der Waals surface area contributed by atoms with Crippen LogP contribution in [-0.2, 0) is 0 Å². The molecule has 1 heteroatoms. The van der Waals surface area contributed by atoms with Crippen molar-refractivity contribution in [1.29, 1.82) is 5.26 Å². The van der Waals surface area contributed by atoms with E-state index < -0.39 is 0 Å². The van der Waals surface area contributed by atoms with Gasteiger partial charge >= 0.3 is 0 Å². The van der Waals surface area contributed by atoms with Crippen LogP contribution in [0.3, 0.4) is 0 Å². The van der Waals surface area contributed by atoms with E-state index >= 15 is 0 Å². The van der Waals surface area contributed by atoms with Crippen molar-refractivity contribution in [2.75, 3.05) is 0 Å². The Hall–Kier alpha value is -0.770. The smallest absolute Gasteiger partial charge is 0.0621 e. The van der Waals surface area contributed by atoms with Gasteiger partial charge in [0, 0.05) is 6.42 Å². The van der Waals surface area contributed by atoms with E-state index in [2.05, 4.69) is 12.1 Å². The third-order valence-electron chi connectivity index (χ3n) is 2.17. The molecule has 0 unspecified atom stereocenters. The van der Waals surface area contributed by atoms with Gasteiger partial charge in [0.1, 0.15) is 0 Å². The molecule has 0 spiro atoms. The van der Waals surface area contributed by atoms with Gasteiger partial charge in [-0.25, -0.2) is 0 Å². The third kappa shape index (κ3) is 3.23. The summed E-state index contributed by atoms with van der Waals surface area (Å²) in [5, 5.41) is 8.33. The highest BCUT2D eigenvalue weighted by Gasteiger charge is 2.02. The zero-order valence-corrected chi connectivity index (χ0v) is 6.97. The molecule has 0 amide bonds. The Kier molecular flexibility index (Phi) is 3.75. The minimum absolute atomic E-state index is 0.720. The summed E-state index contributed by atoms with van der Waals surface area (Å²) in [6, 6.07) is 2.18. The van der Waals surface area contributed by atoms with Gasteiger partial charge in [-0.2, -0.15) is 5.26 Å². The molecule has 1 aliphatic rings. The number of allylic oxidation sites excluding steroid dienone is 2. The van der Waals surface area contributed by atoms with Gasteiger partial charge in [-0.05, 0) is 38.5 Å². The molecule has 11 heavy (non-hydrogen) atoms. The molecule has 0 aromatic carbocycles. The maximum atomic E-state index is 8.33. The largest absolute Gasteiger partial charge is 0.198 e. The maximum absolute atomic E-state index is 8.33. The van der Waals surface area contributed by atoms with E-state index in [1.165, 1.54) is 25.7 Å². The summed E-state index contributed by atoms with van der Waals surface area (Å²) in [5.74, 6) is 0. The highest BCUT2D eigenvalue weighted by molar-refractivity contribution is 5.04. The van der Waals surface area contributed by atoms with Crippen molar-refractivity contribution in [3.63, 3.8) is 0 Å². The van der Waals surface area contributed by atoms with Crippen molar-refractivity contribution < 1.29 is 0 Å². The lowest BCUT2D eigenvalue weighted by atomic mass is 9.96. The van der Waals surface area contributed by atoms with E-state index in [0.717, 1.165) is 19.3 Å². The standard InChI is InChI=1S/C10H15N/c11-9-5-4-8-10-6-2-1-3-7-10/h6H,1-5,7-8H2. The summed E-state index contributed by atoms with van der Waals surface area (Å²) in [6.07, 6.45) is 10.6. The fourth-order valence-electron chi connectivity index (χ4n) is 1.53. The number of nitrogens with zero attached hydrogens (tertiary/aromatic N) is 1. The molecule has 1 nitrogen and oxygen atoms in total. The van der Waals surface area contributed by atoms with E-state index in [1.54, 1.807) is 5.57 Å². The van der Waals surface area contributed by atoms with Crippen molar-refractivity contribution in [3.8, 4) is 6.07 Å². The van der Waals surface area contributed by atoms with Crippen LogP contribution in [0.2, 0.25) is 0 Å². The normalized spacial score (nSPS) is 17.2. The molecule has 60 valence electrons. The Morgan fingerprint density at radius 3 is 3.00 bits per heavy atom. The fraction of sp³-hybridized carbons (Fsp3) is 0.700. The third-order valence-corrected chi connectivity index (χ3v) is 2.17. The average molecular weight is 149 g/mol. The van der Waals surface area contributed by atoms with Crippen molar-refractivity contribution in [2.24, 2.45) is 0 Å². The molecule has 1 aliphatic carbocycles. The Balaban J connectivity index is 2.15. The molecule has 0 atom stereocenters. The second-order valence-corrected chi connectivity index (χ2v) is 3.12. The molecule has 0 bridgehead atoms. The van der Waals surface area contributed by atoms with Gasteiger partial charge in [-0.1, -0.05) is 11.6 Å². The van der Waals surface area contributed by atoms with E-state index in [-0.39, 0.29) is 0 Å². The lowest BCUT2D eigenvalue weighted by molar-refractivity contribution is 0.663. The number of rotatable bonds is 3. The molecular formula is C10H15N. The van der Waals surface area contributed by atoms with Crippen LogP contribution in [0.15, 0.2) is 11.6 Å². The first-order valence-electron chi connectivity index (χ1n) is 4.48. The first kappa shape index (κ1) is 8.33. The first-order valence-corrected chi connectivity index (χ1v) is 4.48. The summed E-state index contributed by atoms with van der Waals surface area (Å²) >= 11 is 0. The first-order chi connectivity index (χ1) is 5.43. The van der Waals surface area contributed by atoms with E-state index in [1.807, 2.05) is 0 Å². The quantitative estimate of drug-likeness (QED) is 0.446. The highest BCUT2D eigenvalue weighted by Crippen LogP contribution is 2.21. The van der Waals surface area contributed by atoms with Crippen molar-refractivity contribution in [1.82, 2.24) is 0 Å². The summed E-state index contributed by atoms with van der Waals surface area (Å²) in [6.45, 7) is 0. The molecular weight excluding hydrogens is 134 g/mol. The van der Waals surface area contributed by atoms with E-state index in [4.69, 9.17) is 5.26 Å². The molecule has 0 fully saturated rings. The predicted molar refractivity (Wildman–Crippen MR) is 46.0 cm³/mol. The Labute approximate surface area is 68.7 Å². The van der Waals surface area contributed by atoms with Crippen LogP contribution in [0.5, 0.6) is 0 Å². The second kappa shape index (κ2) is 4.96. The lowest BCUT2D eigenvalue weighted by Crippen LogP contribution is -1.91. The highest BCUT2D eigenvalue weighted by atomic mass is 14.2. The number of nitriles is 1. The average Bonchev–Trinajstić information content (AvgIpc) is 2.07. The van der Waals surface area contributed by atoms with Gasteiger partial charge in [-0.15, -0.1) is 0 Å². The Bertz CT molecular complexity index is 174. The minimum atomic E-state index is 0.720. The van der Waals surface area contributed by atoms with Crippen LogP contribution in [0.4, 0.5) is 0 Å². The maximum Gasteiger partial charge on any atom is 0.0621 e. The molecule has 0 aromatic heterocycles. The lowest BCUT2D eigenvalue weighted by Gasteiger charge is -2.10. The molecule has 0 heterocycles. The van der Waals surface area contributed by atoms with Crippen LogP contribution in [0, 0.1) is 11.3 Å². The van der Waals surface area contributed by atoms with Crippen LogP contribution in [0.1, 0.15) is 44.9 Å². The molecule has 0 saturated carbocycles. The van der Waals surface area contributed by atoms with Gasteiger partial charge < -0.3 is 0 Å². The summed E-state index contributed by atoms with van der Waals surface area (Å²) < 4.78 is 0. The molecule has 0 radical (unpaired) electrons. The van der Waals surface area contributed by atoms with Crippen LogP contribution < -0.4 is 0 Å². The molecule has 1 rings (SSSR count). The van der Waals surface area contributed by atoms with Gasteiger partial charge in [0.2, 0.25) is 0 Å². The van der Waals surface area contributed by atoms with Crippen molar-refractivity contribution in [3.05, 3.63) is 11.6 Å². The zero-order valence-electron chi connectivity index (χ0n) is 6.97. The number of hydrogen-bond acceptors (Lipinski definition) is 1. The number of unbranched alkanes of at least 4 members (excludes halogenated alkanes) is 1. The summed E-state index contributed by atoms with van der Waals surface area (Å²) in [7, 11) is 0. The van der Waals surface area contributed by atoms with Crippen LogP contribution >= 0.6 is 0 Å². The molecule has 0 aliphatic heterocycles.